The van der Waals surface area contributed by atoms with E-state index in [2.05, 4.69) is 27.7 Å². The first-order valence-electron chi connectivity index (χ1n) is 8.22. The summed E-state index contributed by atoms with van der Waals surface area (Å²) in [7, 11) is -0.146. The zero-order chi connectivity index (χ0) is 16.0. The fraction of sp³-hybridized carbons (Fsp3) is 0.667. The van der Waals surface area contributed by atoms with Gasteiger partial charge in [-0.05, 0) is 70.4 Å². The highest BCUT2D eigenvalue weighted by Gasteiger charge is 2.77. The summed E-state index contributed by atoms with van der Waals surface area (Å²) >= 11 is 0. The third-order valence-corrected chi connectivity index (χ3v) is 6.59. The lowest BCUT2D eigenvalue weighted by Crippen LogP contribution is -2.66. The highest BCUT2D eigenvalue weighted by atomic mass is 19.1. The van der Waals surface area contributed by atoms with E-state index in [0.29, 0.717) is 0 Å². The second-order valence-electron chi connectivity index (χ2n) is 8.70. The van der Waals surface area contributed by atoms with Crippen LogP contribution in [-0.2, 0) is 14.7 Å². The maximum Gasteiger partial charge on any atom is 0.464 e. The van der Waals surface area contributed by atoms with Crippen molar-refractivity contribution in [1.82, 2.24) is 0 Å². The van der Waals surface area contributed by atoms with Gasteiger partial charge in [0.05, 0.1) is 11.2 Å². The second-order valence-corrected chi connectivity index (χ2v) is 8.70. The van der Waals surface area contributed by atoms with Gasteiger partial charge in [-0.1, -0.05) is 18.2 Å². The number of aryl methyl sites for hydroxylation is 1. The molecule has 1 heterocycles. The van der Waals surface area contributed by atoms with Crippen molar-refractivity contribution >= 4 is 7.12 Å². The van der Waals surface area contributed by atoms with Gasteiger partial charge in [0.2, 0.25) is 0 Å². The van der Waals surface area contributed by atoms with E-state index in [1.807, 2.05) is 25.1 Å². The molecule has 3 saturated carbocycles. The van der Waals surface area contributed by atoms with Gasteiger partial charge in [0.15, 0.2) is 0 Å². The van der Waals surface area contributed by atoms with E-state index in [9.17, 15) is 4.39 Å². The van der Waals surface area contributed by atoms with E-state index in [1.54, 1.807) is 0 Å². The topological polar surface area (TPSA) is 18.5 Å². The molecule has 3 aliphatic carbocycles. The molecule has 22 heavy (non-hydrogen) atoms. The molecule has 1 aromatic carbocycles. The molecule has 118 valence electrons. The van der Waals surface area contributed by atoms with Gasteiger partial charge in [0.1, 0.15) is 5.82 Å². The van der Waals surface area contributed by atoms with E-state index < -0.39 is 0 Å². The first-order valence-corrected chi connectivity index (χ1v) is 8.22. The molecular formula is C18H24BFO2. The van der Waals surface area contributed by atoms with Crippen molar-refractivity contribution in [2.24, 2.45) is 0 Å². The average Bonchev–Trinajstić information content (AvgIpc) is 2.50. The van der Waals surface area contributed by atoms with Gasteiger partial charge >= 0.3 is 7.12 Å². The Balaban J connectivity index is 1.54. The highest BCUT2D eigenvalue weighted by Crippen LogP contribution is 2.81. The van der Waals surface area contributed by atoms with Crippen LogP contribution in [0, 0.1) is 12.7 Å². The van der Waals surface area contributed by atoms with Crippen molar-refractivity contribution < 1.29 is 13.7 Å². The molecule has 2 nitrogen and oxygen atoms in total. The Kier molecular flexibility index (Phi) is 2.65. The van der Waals surface area contributed by atoms with Crippen LogP contribution in [0.2, 0.25) is 5.31 Å². The van der Waals surface area contributed by atoms with Gasteiger partial charge in [-0.3, -0.25) is 0 Å². The van der Waals surface area contributed by atoms with Crippen LogP contribution >= 0.6 is 0 Å². The van der Waals surface area contributed by atoms with E-state index in [1.165, 1.54) is 0 Å². The van der Waals surface area contributed by atoms with Crippen LogP contribution in [0.3, 0.4) is 0 Å². The molecule has 5 rings (SSSR count). The van der Waals surface area contributed by atoms with Crippen molar-refractivity contribution in [2.45, 2.75) is 75.8 Å². The van der Waals surface area contributed by atoms with E-state index in [-0.39, 0.29) is 34.9 Å². The van der Waals surface area contributed by atoms with Crippen molar-refractivity contribution in [3.63, 3.8) is 0 Å². The molecule has 0 spiro atoms. The molecular weight excluding hydrogens is 278 g/mol. The Morgan fingerprint density at radius 2 is 1.55 bits per heavy atom. The van der Waals surface area contributed by atoms with Crippen LogP contribution in [0.25, 0.3) is 0 Å². The maximum atomic E-state index is 14.4. The lowest BCUT2D eigenvalue weighted by molar-refractivity contribution is -0.0407. The summed E-state index contributed by atoms with van der Waals surface area (Å²) in [5, 5.41) is 0.0984. The Morgan fingerprint density at radius 1 is 1.00 bits per heavy atom. The van der Waals surface area contributed by atoms with Crippen LogP contribution in [0.4, 0.5) is 4.39 Å². The minimum Gasteiger partial charge on any atom is -0.403 e. The van der Waals surface area contributed by atoms with E-state index in [0.717, 1.165) is 30.4 Å². The largest absolute Gasteiger partial charge is 0.464 e. The van der Waals surface area contributed by atoms with Gasteiger partial charge in [-0.25, -0.2) is 4.39 Å². The summed E-state index contributed by atoms with van der Waals surface area (Å²) in [6.45, 7) is 10.2. The number of halogens is 1. The molecule has 0 N–H and O–H groups in total. The summed E-state index contributed by atoms with van der Waals surface area (Å²) in [5.74, 6) is -0.0234. The molecule has 0 amide bonds. The van der Waals surface area contributed by atoms with Crippen molar-refractivity contribution in [3.05, 3.63) is 35.1 Å². The van der Waals surface area contributed by atoms with Gasteiger partial charge in [0, 0.05) is 5.31 Å². The zero-order valence-electron chi connectivity index (χ0n) is 14.1. The Labute approximate surface area is 132 Å². The monoisotopic (exact) mass is 302 g/mol. The molecule has 4 heteroatoms. The summed E-state index contributed by atoms with van der Waals surface area (Å²) in [6.07, 6.45) is 2.95. The number of benzene rings is 1. The van der Waals surface area contributed by atoms with Crippen molar-refractivity contribution in [3.8, 4) is 0 Å². The Hall–Kier alpha value is -0.865. The summed E-state index contributed by atoms with van der Waals surface area (Å²) in [4.78, 5) is 0. The van der Waals surface area contributed by atoms with Crippen molar-refractivity contribution in [2.75, 3.05) is 0 Å². The second kappa shape index (κ2) is 3.96. The first-order chi connectivity index (χ1) is 10.1. The van der Waals surface area contributed by atoms with E-state index >= 15 is 0 Å². The fourth-order valence-electron chi connectivity index (χ4n) is 4.55. The standard InChI is InChI=1S/C18H24BFO2/c1-12-7-6-8-13(14(12)20)17-9-18(10-17,11-17)19-21-15(2,3)16(4,5)22-19/h6-8H,9-11H2,1-5H3. The van der Waals surface area contributed by atoms with Crippen LogP contribution in [0.1, 0.15) is 58.1 Å². The minimum absolute atomic E-state index is 0.0234. The molecule has 0 unspecified atom stereocenters. The Morgan fingerprint density at radius 3 is 2.09 bits per heavy atom. The molecule has 0 atom stereocenters. The lowest BCUT2D eigenvalue weighted by atomic mass is 9.23. The molecule has 1 aromatic rings. The van der Waals surface area contributed by atoms with Crippen LogP contribution in [-0.4, -0.2) is 18.3 Å². The molecule has 4 fully saturated rings. The zero-order valence-corrected chi connectivity index (χ0v) is 14.1. The molecule has 1 aliphatic heterocycles. The summed E-state index contributed by atoms with van der Waals surface area (Å²) in [5.41, 5.74) is 1.10. The molecule has 1 saturated heterocycles. The summed E-state index contributed by atoms with van der Waals surface area (Å²) in [6, 6.07) is 5.76. The number of hydrogen-bond donors (Lipinski definition) is 0. The summed E-state index contributed by atoms with van der Waals surface area (Å²) < 4.78 is 26.9. The van der Waals surface area contributed by atoms with Gasteiger partial charge in [-0.15, -0.1) is 0 Å². The average molecular weight is 302 g/mol. The van der Waals surface area contributed by atoms with Crippen molar-refractivity contribution in [1.29, 1.82) is 0 Å². The van der Waals surface area contributed by atoms with Gasteiger partial charge in [-0.2, -0.15) is 0 Å². The molecule has 4 aliphatic rings. The predicted molar refractivity (Wildman–Crippen MR) is 85.4 cm³/mol. The van der Waals surface area contributed by atoms with E-state index in [4.69, 9.17) is 9.31 Å². The lowest BCUT2D eigenvalue weighted by Gasteiger charge is -2.71. The predicted octanol–water partition coefficient (Wildman–Crippen LogP) is 4.40. The SMILES string of the molecule is Cc1cccc(C23CC(B4OC(C)(C)C(C)(C)O4)(C2)C3)c1F. The third kappa shape index (κ3) is 1.63. The van der Waals surface area contributed by atoms with Gasteiger partial charge in [0.25, 0.3) is 0 Å². The number of hydrogen-bond acceptors (Lipinski definition) is 2. The van der Waals surface area contributed by atoms with Crippen LogP contribution in [0.5, 0.6) is 0 Å². The quantitative estimate of drug-likeness (QED) is 0.754. The first kappa shape index (κ1) is 14.7. The number of rotatable bonds is 2. The molecule has 0 aromatic heterocycles. The van der Waals surface area contributed by atoms with Crippen LogP contribution < -0.4 is 0 Å². The highest BCUT2D eigenvalue weighted by molar-refractivity contribution is 6.51. The Bertz CT molecular complexity index is 617. The maximum absolute atomic E-state index is 14.4. The third-order valence-electron chi connectivity index (χ3n) is 6.59. The minimum atomic E-state index is -0.283. The van der Waals surface area contributed by atoms with Gasteiger partial charge < -0.3 is 9.31 Å². The molecule has 0 radical (unpaired) electrons. The van der Waals surface area contributed by atoms with Crippen LogP contribution in [0.15, 0.2) is 18.2 Å². The smallest absolute Gasteiger partial charge is 0.403 e. The normalized spacial score (nSPS) is 37.6. The fourth-order valence-corrected chi connectivity index (χ4v) is 4.55. The molecule has 2 bridgehead atoms.